The Morgan fingerprint density at radius 1 is 0.773 bits per heavy atom. The second kappa shape index (κ2) is 19.2. The Morgan fingerprint density at radius 3 is 2.21 bits per heavy atom. The van der Waals surface area contributed by atoms with Crippen molar-refractivity contribution in [1.82, 2.24) is 34.7 Å². The van der Waals surface area contributed by atoms with Crippen LogP contribution < -0.4 is 26.4 Å². The van der Waals surface area contributed by atoms with Gasteiger partial charge in [-0.15, -0.1) is 0 Å². The van der Waals surface area contributed by atoms with Gasteiger partial charge in [-0.05, 0) is 106 Å². The van der Waals surface area contributed by atoms with Crippen molar-refractivity contribution in [2.24, 2.45) is 11.7 Å². The van der Waals surface area contributed by atoms with Crippen LogP contribution in [0.2, 0.25) is 0 Å². The highest BCUT2D eigenvalue weighted by Gasteiger charge is 2.45. The Hall–Kier alpha value is -7.08. The Labute approximate surface area is 381 Å². The van der Waals surface area contributed by atoms with Gasteiger partial charge in [0.15, 0.2) is 0 Å². The fourth-order valence-electron chi connectivity index (χ4n) is 9.88. The van der Waals surface area contributed by atoms with E-state index >= 15 is 0 Å². The number of amides is 7. The first-order valence-corrected chi connectivity index (χ1v) is 22.9. The zero-order chi connectivity index (χ0) is 45.9. The normalized spacial score (nSPS) is 20.1. The van der Waals surface area contributed by atoms with Crippen molar-refractivity contribution in [1.29, 1.82) is 0 Å². The molecular weight excluding hydrogens is 845 g/mol. The van der Waals surface area contributed by atoms with Gasteiger partial charge in [-0.3, -0.25) is 48.7 Å². The lowest BCUT2D eigenvalue weighted by Crippen LogP contribution is -2.54. The summed E-state index contributed by atoms with van der Waals surface area (Å²) in [6.45, 7) is 5.52. The monoisotopic (exact) mass is 898 g/mol. The fourth-order valence-corrected chi connectivity index (χ4v) is 9.88. The van der Waals surface area contributed by atoms with E-state index in [-0.39, 0.29) is 48.4 Å². The van der Waals surface area contributed by atoms with Crippen LogP contribution in [0.5, 0.6) is 11.5 Å². The number of benzene rings is 3. The molecule has 0 radical (unpaired) electrons. The number of hydrogen-bond acceptors (Lipinski definition) is 12. The largest absolute Gasteiger partial charge is 0.457 e. The molecule has 66 heavy (non-hydrogen) atoms. The van der Waals surface area contributed by atoms with Crippen molar-refractivity contribution in [3.8, 4) is 22.8 Å². The number of para-hydroxylation sites is 1. The molecule has 4 aromatic rings. The summed E-state index contributed by atoms with van der Waals surface area (Å²) in [4.78, 5) is 96.5. The van der Waals surface area contributed by atoms with Gasteiger partial charge in [-0.25, -0.2) is 4.68 Å². The Kier molecular flexibility index (Phi) is 12.8. The second-order valence-electron chi connectivity index (χ2n) is 17.6. The van der Waals surface area contributed by atoms with E-state index in [0.717, 1.165) is 68.0 Å². The molecular formula is C48H54N10O8. The highest BCUT2D eigenvalue weighted by Crippen LogP contribution is 2.40. The van der Waals surface area contributed by atoms with E-state index < -0.39 is 35.6 Å². The van der Waals surface area contributed by atoms with E-state index in [1.54, 1.807) is 11.0 Å². The third kappa shape index (κ3) is 9.22. The summed E-state index contributed by atoms with van der Waals surface area (Å²) >= 11 is 0. The van der Waals surface area contributed by atoms with Gasteiger partial charge in [-0.2, -0.15) is 5.10 Å². The maximum Gasteiger partial charge on any atom is 0.262 e. The summed E-state index contributed by atoms with van der Waals surface area (Å²) in [5.41, 5.74) is 8.47. The summed E-state index contributed by atoms with van der Waals surface area (Å²) in [5, 5.41) is 13.6. The molecule has 18 heteroatoms. The van der Waals surface area contributed by atoms with E-state index in [1.807, 2.05) is 64.2 Å². The lowest BCUT2D eigenvalue weighted by molar-refractivity contribution is -0.136. The number of nitrogens with two attached hydrogens (primary N) is 1. The minimum Gasteiger partial charge on any atom is -0.457 e. The number of primary amides is 1. The number of nitrogens with zero attached hydrogens (tertiary/aromatic N) is 6. The number of fused-ring (bicyclic) bond motifs is 2. The van der Waals surface area contributed by atoms with Crippen LogP contribution in [-0.2, 0) is 19.2 Å². The van der Waals surface area contributed by atoms with Crippen molar-refractivity contribution < 1.29 is 38.3 Å². The Balaban J connectivity index is 0.690. The summed E-state index contributed by atoms with van der Waals surface area (Å²) < 4.78 is 7.91. The number of rotatable bonds is 14. The van der Waals surface area contributed by atoms with E-state index in [2.05, 4.69) is 20.9 Å². The quantitative estimate of drug-likeness (QED) is 0.105. The number of carbonyl (C=O) groups excluding carboxylic acids is 7. The molecule has 7 amide bonds. The predicted octanol–water partition coefficient (Wildman–Crippen LogP) is 3.86. The molecule has 0 saturated carbocycles. The van der Waals surface area contributed by atoms with Crippen molar-refractivity contribution >= 4 is 52.9 Å². The fraction of sp³-hybridized carbons (Fsp3) is 0.417. The van der Waals surface area contributed by atoms with Crippen LogP contribution in [-0.4, -0.2) is 136 Å². The Bertz CT molecular complexity index is 2530. The van der Waals surface area contributed by atoms with E-state index in [0.29, 0.717) is 73.6 Å². The highest BCUT2D eigenvalue weighted by molar-refractivity contribution is 6.23. The third-order valence-corrected chi connectivity index (χ3v) is 13.5. The summed E-state index contributed by atoms with van der Waals surface area (Å²) in [6.07, 6.45) is 4.82. The van der Waals surface area contributed by atoms with Crippen LogP contribution in [0.4, 0.5) is 11.5 Å². The number of nitrogens with one attached hydrogen (secondary N) is 3. The first-order chi connectivity index (χ1) is 32.0. The molecule has 3 aromatic carbocycles. The van der Waals surface area contributed by atoms with E-state index in [4.69, 9.17) is 15.6 Å². The molecule has 5 aliphatic heterocycles. The van der Waals surface area contributed by atoms with Gasteiger partial charge in [0.25, 0.3) is 17.7 Å². The number of anilines is 2. The molecule has 5 aliphatic rings. The van der Waals surface area contributed by atoms with Crippen molar-refractivity contribution in [2.45, 2.75) is 63.5 Å². The number of piperidine rings is 2. The van der Waals surface area contributed by atoms with Gasteiger partial charge in [0.1, 0.15) is 34.6 Å². The van der Waals surface area contributed by atoms with Gasteiger partial charge in [0.05, 0.1) is 23.7 Å². The zero-order valence-electron chi connectivity index (χ0n) is 36.7. The Morgan fingerprint density at radius 2 is 1.48 bits per heavy atom. The number of unbranched alkanes of at least 4 members (excludes halogenated alkanes) is 1. The SMILES string of the molecule is NC(=O)c1c(-c2ccc(Oc3ccccc3)cc2)nn2c1NCC[C@H]2C1CCN(C(=O)CCCCN2CCN(C(=O)CNc3ccc4c(c3)C(=O)N(C3CCC(=O)NC3=O)C4=O)CC2)CC1. The number of imide groups is 2. The number of hydrogen-bond donors (Lipinski definition) is 4. The molecule has 2 atom stereocenters. The summed E-state index contributed by atoms with van der Waals surface area (Å²) in [6, 6.07) is 20.7. The summed E-state index contributed by atoms with van der Waals surface area (Å²) in [5.74, 6) is -0.386. The molecule has 0 bridgehead atoms. The van der Waals surface area contributed by atoms with Gasteiger partial charge in [0, 0.05) is 69.9 Å². The average Bonchev–Trinajstić information content (AvgIpc) is 3.84. The molecule has 3 saturated heterocycles. The molecule has 0 aliphatic carbocycles. The third-order valence-electron chi connectivity index (χ3n) is 13.5. The highest BCUT2D eigenvalue weighted by atomic mass is 16.5. The average molecular weight is 899 g/mol. The summed E-state index contributed by atoms with van der Waals surface area (Å²) in [7, 11) is 0. The lowest BCUT2D eigenvalue weighted by Gasteiger charge is -2.38. The minimum atomic E-state index is -1.04. The van der Waals surface area contributed by atoms with Crippen LogP contribution >= 0.6 is 0 Å². The van der Waals surface area contributed by atoms with Crippen LogP contribution in [0, 0.1) is 5.92 Å². The van der Waals surface area contributed by atoms with Crippen LogP contribution in [0.15, 0.2) is 72.8 Å². The number of ether oxygens (including phenoxy) is 1. The van der Waals surface area contributed by atoms with Gasteiger partial charge >= 0.3 is 0 Å². The van der Waals surface area contributed by atoms with Crippen molar-refractivity contribution in [3.05, 3.63) is 89.5 Å². The van der Waals surface area contributed by atoms with Gasteiger partial charge in [0.2, 0.25) is 23.6 Å². The standard InChI is InChI=1S/C48H54N10O8/c49-44(62)42-43(31-9-12-34(13-10-31)66-33-6-2-1-3-7-33)53-58-37(17-20-50-45(42)58)30-18-22-55(23-19-30)40(60)8-4-5-21-54-24-26-56(27-25-54)41(61)29-51-32-11-14-35-36(28-32)48(65)57(47(35)64)38-15-16-39(59)52-46(38)63/h1-3,6-7,9-14,28,30,37-38,50-51H,4-5,8,15-27,29H2,(H2,49,62)(H,52,59,63)/t37-,38?/m0/s1. The first-order valence-electron chi connectivity index (χ1n) is 22.9. The molecule has 6 heterocycles. The zero-order valence-corrected chi connectivity index (χ0v) is 36.7. The van der Waals surface area contributed by atoms with E-state index in [1.165, 1.54) is 12.1 Å². The molecule has 5 N–H and O–H groups in total. The van der Waals surface area contributed by atoms with Crippen LogP contribution in [0.25, 0.3) is 11.3 Å². The van der Waals surface area contributed by atoms with E-state index in [9.17, 15) is 33.6 Å². The molecule has 1 aromatic heterocycles. The maximum atomic E-state index is 13.3. The maximum absolute atomic E-state index is 13.3. The molecule has 18 nitrogen and oxygen atoms in total. The van der Waals surface area contributed by atoms with Gasteiger partial charge < -0.3 is 30.9 Å². The lowest BCUT2D eigenvalue weighted by atomic mass is 9.86. The number of carbonyl (C=O) groups is 7. The first kappa shape index (κ1) is 44.1. The molecule has 9 rings (SSSR count). The van der Waals surface area contributed by atoms with Gasteiger partial charge in [-0.1, -0.05) is 18.2 Å². The molecule has 1 unspecified atom stereocenters. The predicted molar refractivity (Wildman–Crippen MR) is 243 cm³/mol. The number of likely N-dealkylation sites (tertiary alicyclic amines) is 1. The second-order valence-corrected chi connectivity index (χ2v) is 17.6. The topological polar surface area (TPSA) is 222 Å². The molecule has 344 valence electrons. The number of piperazine rings is 1. The van der Waals surface area contributed by atoms with Crippen LogP contribution in [0.3, 0.4) is 0 Å². The number of aromatic nitrogens is 2. The molecule has 0 spiro atoms. The smallest absolute Gasteiger partial charge is 0.262 e. The van der Waals surface area contributed by atoms with Crippen LogP contribution in [0.1, 0.15) is 88.5 Å². The van der Waals surface area contributed by atoms with Crippen molar-refractivity contribution in [3.63, 3.8) is 0 Å². The van der Waals surface area contributed by atoms with Crippen molar-refractivity contribution in [2.75, 3.05) is 69.5 Å². The minimum absolute atomic E-state index is 0.0119. The molecule has 3 fully saturated rings.